The molecule has 0 saturated carbocycles. The van der Waals surface area contributed by atoms with E-state index in [-0.39, 0.29) is 11.1 Å². The van der Waals surface area contributed by atoms with Crippen LogP contribution in [0, 0.1) is 11.6 Å². The summed E-state index contributed by atoms with van der Waals surface area (Å²) in [5, 5.41) is 20.5. The molecule has 1 unspecified atom stereocenters. The van der Waals surface area contributed by atoms with Crippen LogP contribution in [0.3, 0.4) is 0 Å². The van der Waals surface area contributed by atoms with E-state index in [0.717, 1.165) is 12.1 Å². The maximum atomic E-state index is 13.9. The monoisotopic (exact) mass is 264 g/mol. The van der Waals surface area contributed by atoms with E-state index in [2.05, 4.69) is 0 Å². The summed E-state index contributed by atoms with van der Waals surface area (Å²) in [6.45, 7) is 1.29. The van der Waals surface area contributed by atoms with Crippen molar-refractivity contribution in [3.63, 3.8) is 0 Å². The fourth-order valence-electron chi connectivity index (χ4n) is 2.14. The Hall–Kier alpha value is -1.78. The second-order valence-corrected chi connectivity index (χ2v) is 4.40. The molecule has 4 heteroatoms. The van der Waals surface area contributed by atoms with E-state index in [9.17, 15) is 19.0 Å². The minimum Gasteiger partial charge on any atom is -0.390 e. The van der Waals surface area contributed by atoms with Gasteiger partial charge in [0.1, 0.15) is 17.2 Å². The summed E-state index contributed by atoms with van der Waals surface area (Å²) < 4.78 is 27.7. The van der Waals surface area contributed by atoms with Gasteiger partial charge in [0.15, 0.2) is 0 Å². The molecule has 0 aromatic heterocycles. The van der Waals surface area contributed by atoms with Crippen molar-refractivity contribution >= 4 is 0 Å². The molecular formula is C15H14F2O2. The molecule has 0 spiro atoms. The minimum atomic E-state index is -2.13. The highest BCUT2D eigenvalue weighted by Crippen LogP contribution is 2.35. The molecule has 19 heavy (non-hydrogen) atoms. The molecule has 2 N–H and O–H groups in total. The lowest BCUT2D eigenvalue weighted by Crippen LogP contribution is -2.40. The Morgan fingerprint density at radius 2 is 1.26 bits per heavy atom. The number of hydrogen-bond donors (Lipinski definition) is 2. The number of rotatable bonds is 3. The van der Waals surface area contributed by atoms with Crippen LogP contribution in [0.25, 0.3) is 0 Å². The summed E-state index contributed by atoms with van der Waals surface area (Å²) in [4.78, 5) is 0. The zero-order valence-electron chi connectivity index (χ0n) is 10.3. The highest BCUT2D eigenvalue weighted by molar-refractivity contribution is 5.38. The SMILES string of the molecule is CC(O)C(O)(c1ccccc1F)c1ccccc1F. The molecule has 0 saturated heterocycles. The van der Waals surface area contributed by atoms with Crippen LogP contribution < -0.4 is 0 Å². The number of aliphatic hydroxyl groups is 2. The van der Waals surface area contributed by atoms with Crippen LogP contribution in [0.15, 0.2) is 48.5 Å². The first-order valence-corrected chi connectivity index (χ1v) is 5.88. The van der Waals surface area contributed by atoms with Crippen molar-refractivity contribution in [1.82, 2.24) is 0 Å². The van der Waals surface area contributed by atoms with E-state index >= 15 is 0 Å². The third kappa shape index (κ3) is 2.25. The van der Waals surface area contributed by atoms with Gasteiger partial charge in [-0.25, -0.2) is 8.78 Å². The minimum absolute atomic E-state index is 0.157. The van der Waals surface area contributed by atoms with Crippen molar-refractivity contribution in [3.05, 3.63) is 71.3 Å². The van der Waals surface area contributed by atoms with Gasteiger partial charge in [-0.3, -0.25) is 0 Å². The standard InChI is InChI=1S/C15H14F2O2/c1-10(18)15(19,11-6-2-4-8-13(11)16)12-7-3-5-9-14(12)17/h2-10,18-19H,1H3. The molecule has 2 rings (SSSR count). The van der Waals surface area contributed by atoms with Crippen LogP contribution in [0.5, 0.6) is 0 Å². The molecule has 0 fully saturated rings. The van der Waals surface area contributed by atoms with Gasteiger partial charge in [0.25, 0.3) is 0 Å². The fourth-order valence-corrected chi connectivity index (χ4v) is 2.14. The Kier molecular flexibility index (Phi) is 3.64. The lowest BCUT2D eigenvalue weighted by molar-refractivity contribution is -0.0439. The molecule has 0 aliphatic rings. The maximum absolute atomic E-state index is 13.9. The van der Waals surface area contributed by atoms with Gasteiger partial charge < -0.3 is 10.2 Å². The van der Waals surface area contributed by atoms with Crippen molar-refractivity contribution in [2.45, 2.75) is 18.6 Å². The van der Waals surface area contributed by atoms with Gasteiger partial charge in [-0.15, -0.1) is 0 Å². The highest BCUT2D eigenvalue weighted by Gasteiger charge is 2.40. The molecule has 1 atom stereocenters. The number of hydrogen-bond acceptors (Lipinski definition) is 2. The first kappa shape index (κ1) is 13.6. The van der Waals surface area contributed by atoms with Crippen molar-refractivity contribution in [1.29, 1.82) is 0 Å². The third-order valence-electron chi connectivity index (χ3n) is 3.17. The van der Waals surface area contributed by atoms with Gasteiger partial charge in [-0.05, 0) is 19.1 Å². The van der Waals surface area contributed by atoms with Crippen molar-refractivity contribution in [3.8, 4) is 0 Å². The van der Waals surface area contributed by atoms with Crippen LogP contribution in [0.4, 0.5) is 8.78 Å². The normalized spacial score (nSPS) is 13.3. The molecule has 0 aliphatic carbocycles. The highest BCUT2D eigenvalue weighted by atomic mass is 19.1. The summed E-state index contributed by atoms with van der Waals surface area (Å²) in [5.74, 6) is -1.40. The Morgan fingerprint density at radius 3 is 1.58 bits per heavy atom. The molecule has 2 aromatic rings. The Morgan fingerprint density at radius 1 is 0.895 bits per heavy atom. The predicted octanol–water partition coefficient (Wildman–Crippen LogP) is 2.58. The van der Waals surface area contributed by atoms with E-state index in [1.54, 1.807) is 0 Å². The van der Waals surface area contributed by atoms with Crippen molar-refractivity contribution in [2.75, 3.05) is 0 Å². The molecule has 0 amide bonds. The van der Waals surface area contributed by atoms with Crippen molar-refractivity contribution in [2.24, 2.45) is 0 Å². The zero-order valence-corrected chi connectivity index (χ0v) is 10.3. The van der Waals surface area contributed by atoms with E-state index < -0.39 is 23.3 Å². The molecule has 0 heterocycles. The van der Waals surface area contributed by atoms with E-state index in [0.29, 0.717) is 0 Å². The van der Waals surface area contributed by atoms with Gasteiger partial charge in [0.05, 0.1) is 6.10 Å². The molecule has 2 nitrogen and oxygen atoms in total. The summed E-state index contributed by atoms with van der Waals surface area (Å²) >= 11 is 0. The summed E-state index contributed by atoms with van der Waals surface area (Å²) in [6, 6.07) is 10.9. The number of aliphatic hydroxyl groups excluding tert-OH is 1. The average Bonchev–Trinajstić information content (AvgIpc) is 2.38. The summed E-state index contributed by atoms with van der Waals surface area (Å²) in [6.07, 6.45) is -1.37. The van der Waals surface area contributed by atoms with Gasteiger partial charge in [0.2, 0.25) is 0 Å². The first-order valence-electron chi connectivity index (χ1n) is 5.88. The molecular weight excluding hydrogens is 250 g/mol. The topological polar surface area (TPSA) is 40.5 Å². The predicted molar refractivity (Wildman–Crippen MR) is 67.5 cm³/mol. The van der Waals surface area contributed by atoms with Gasteiger partial charge in [-0.1, -0.05) is 36.4 Å². The fraction of sp³-hybridized carbons (Fsp3) is 0.200. The second kappa shape index (κ2) is 5.07. The first-order chi connectivity index (χ1) is 8.98. The van der Waals surface area contributed by atoms with Crippen LogP contribution in [0.1, 0.15) is 18.1 Å². The summed E-state index contributed by atoms with van der Waals surface area (Å²) in [5.41, 5.74) is -2.44. The maximum Gasteiger partial charge on any atom is 0.146 e. The lowest BCUT2D eigenvalue weighted by Gasteiger charge is -2.32. The van der Waals surface area contributed by atoms with Crippen LogP contribution >= 0.6 is 0 Å². The lowest BCUT2D eigenvalue weighted by atomic mass is 9.81. The largest absolute Gasteiger partial charge is 0.390 e. The Balaban J connectivity index is 2.70. The molecule has 0 bridgehead atoms. The third-order valence-corrected chi connectivity index (χ3v) is 3.17. The molecule has 0 aliphatic heterocycles. The van der Waals surface area contributed by atoms with Gasteiger partial charge in [0, 0.05) is 11.1 Å². The van der Waals surface area contributed by atoms with Crippen molar-refractivity contribution < 1.29 is 19.0 Å². The average molecular weight is 264 g/mol. The quantitative estimate of drug-likeness (QED) is 0.894. The number of halogens is 2. The van der Waals surface area contributed by atoms with E-state index in [4.69, 9.17) is 0 Å². The van der Waals surface area contributed by atoms with Crippen LogP contribution in [0.2, 0.25) is 0 Å². The Labute approximate surface area is 110 Å². The van der Waals surface area contributed by atoms with E-state index in [1.807, 2.05) is 0 Å². The second-order valence-electron chi connectivity index (χ2n) is 4.40. The van der Waals surface area contributed by atoms with Crippen LogP contribution in [-0.2, 0) is 5.60 Å². The van der Waals surface area contributed by atoms with Gasteiger partial charge >= 0.3 is 0 Å². The van der Waals surface area contributed by atoms with Gasteiger partial charge in [-0.2, -0.15) is 0 Å². The van der Waals surface area contributed by atoms with E-state index in [1.165, 1.54) is 43.3 Å². The smallest absolute Gasteiger partial charge is 0.146 e. The molecule has 2 aromatic carbocycles. The molecule has 0 radical (unpaired) electrons. The zero-order chi connectivity index (χ0) is 14.0. The summed E-state index contributed by atoms with van der Waals surface area (Å²) in [7, 11) is 0. The van der Waals surface area contributed by atoms with Crippen LogP contribution in [-0.4, -0.2) is 16.3 Å². The Bertz CT molecular complexity index is 536. The number of benzene rings is 2. The molecule has 100 valence electrons.